The number of benzene rings is 2. The molecule has 1 fully saturated rings. The van der Waals surface area contributed by atoms with Crippen molar-refractivity contribution in [3.63, 3.8) is 0 Å². The van der Waals surface area contributed by atoms with E-state index in [0.29, 0.717) is 0 Å². The van der Waals surface area contributed by atoms with Gasteiger partial charge in [0.05, 0.1) is 60.7 Å². The maximum atomic E-state index is 14.7. The maximum Gasteiger partial charge on any atom is 0.342 e. The Morgan fingerprint density at radius 2 is 1.72 bits per heavy atom. The van der Waals surface area contributed by atoms with Crippen LogP contribution in [0.1, 0.15) is 95.7 Å². The summed E-state index contributed by atoms with van der Waals surface area (Å²) in [5.74, 6) is -8.73. The highest BCUT2D eigenvalue weighted by Gasteiger charge is 2.72. The molecule has 0 amide bonds. The number of methoxy groups -OCH3 is 2. The van der Waals surface area contributed by atoms with Crippen LogP contribution < -0.4 is 0 Å². The van der Waals surface area contributed by atoms with Crippen molar-refractivity contribution in [2.24, 2.45) is 16.8 Å². The Hall–Kier alpha value is -4.42. The number of Topliss-reactive ketones (excluding diaryl/α,β-unsaturated/α-hetero) is 4. The van der Waals surface area contributed by atoms with Gasteiger partial charge in [-0.05, 0) is 37.0 Å². The van der Waals surface area contributed by atoms with Crippen LogP contribution in [-0.4, -0.2) is 129 Å². The van der Waals surface area contributed by atoms with Crippen LogP contribution in [0.15, 0.2) is 17.1 Å². The van der Waals surface area contributed by atoms with Crippen molar-refractivity contribution in [2.75, 3.05) is 27.4 Å². The lowest BCUT2D eigenvalue weighted by molar-refractivity contribution is -0.206. The molecule has 0 bridgehead atoms. The van der Waals surface area contributed by atoms with Gasteiger partial charge in [-0.2, -0.15) is 0 Å². The number of aromatic hydroxyl groups is 2. The van der Waals surface area contributed by atoms with Crippen molar-refractivity contribution in [1.82, 2.24) is 0 Å². The number of aliphatic imine (C=N–C) groups is 1. The van der Waals surface area contributed by atoms with Crippen molar-refractivity contribution in [3.8, 4) is 11.5 Å². The van der Waals surface area contributed by atoms with Crippen molar-refractivity contribution in [2.45, 2.75) is 82.4 Å². The van der Waals surface area contributed by atoms with Crippen LogP contribution in [0.25, 0.3) is 0 Å². The molecule has 0 saturated carbocycles. The van der Waals surface area contributed by atoms with E-state index in [1.54, 1.807) is 20.8 Å². The number of hydrogen-bond acceptors (Lipinski definition) is 16. The highest BCUT2D eigenvalue weighted by atomic mass is 16.6. The number of esters is 1. The highest BCUT2D eigenvalue weighted by Crippen LogP contribution is 2.56. The van der Waals surface area contributed by atoms with Gasteiger partial charge in [-0.15, -0.1) is 0 Å². The lowest BCUT2D eigenvalue weighted by atomic mass is 9.56. The zero-order valence-corrected chi connectivity index (χ0v) is 29.8. The largest absolute Gasteiger partial charge is 0.507 e. The molecule has 6 N–H and O–H groups in total. The fourth-order valence-electron chi connectivity index (χ4n) is 8.16. The Bertz CT molecular complexity index is 1990. The molecular weight excluding hydrogens is 698 g/mol. The molecule has 4 aliphatic rings. The van der Waals surface area contributed by atoms with Gasteiger partial charge in [-0.25, -0.2) is 4.79 Å². The molecule has 2 aromatic rings. The Balaban J connectivity index is 1.53. The molecule has 53 heavy (non-hydrogen) atoms. The minimum Gasteiger partial charge on any atom is -0.507 e. The molecule has 3 aliphatic carbocycles. The van der Waals surface area contributed by atoms with Gasteiger partial charge in [0.15, 0.2) is 23.2 Å². The Morgan fingerprint density at radius 1 is 1.04 bits per heavy atom. The van der Waals surface area contributed by atoms with E-state index in [4.69, 9.17) is 18.9 Å². The van der Waals surface area contributed by atoms with Crippen LogP contribution >= 0.6 is 0 Å². The molecule has 284 valence electrons. The summed E-state index contributed by atoms with van der Waals surface area (Å²) in [6.07, 6.45) is -7.29. The molecule has 1 saturated heterocycles. The van der Waals surface area contributed by atoms with E-state index in [1.807, 2.05) is 0 Å². The fraction of sp³-hybridized carbons (Fsp3) is 0.514. The lowest BCUT2D eigenvalue weighted by Gasteiger charge is -2.52. The van der Waals surface area contributed by atoms with Crippen molar-refractivity contribution < 1.29 is 73.6 Å². The van der Waals surface area contributed by atoms with Crippen LogP contribution in [0.2, 0.25) is 0 Å². The number of carbonyl (C=O) groups is 5. The Kier molecular flexibility index (Phi) is 9.73. The molecule has 1 heterocycles. The molecule has 1 aliphatic heterocycles. The van der Waals surface area contributed by atoms with Gasteiger partial charge in [0.2, 0.25) is 17.3 Å². The van der Waals surface area contributed by atoms with Gasteiger partial charge in [0, 0.05) is 37.3 Å². The van der Waals surface area contributed by atoms with Gasteiger partial charge >= 0.3 is 5.97 Å². The molecule has 1 unspecified atom stereocenters. The highest BCUT2D eigenvalue weighted by molar-refractivity contribution is 6.53. The van der Waals surface area contributed by atoms with E-state index in [2.05, 4.69) is 4.99 Å². The van der Waals surface area contributed by atoms with Crippen LogP contribution in [0.4, 0.5) is 0 Å². The van der Waals surface area contributed by atoms with Gasteiger partial charge in [0.25, 0.3) is 0 Å². The quantitative estimate of drug-likeness (QED) is 0.214. The second-order valence-corrected chi connectivity index (χ2v) is 14.3. The van der Waals surface area contributed by atoms with Crippen molar-refractivity contribution in [1.29, 1.82) is 0 Å². The first-order valence-corrected chi connectivity index (χ1v) is 17.0. The fourth-order valence-corrected chi connectivity index (χ4v) is 8.16. The summed E-state index contributed by atoms with van der Waals surface area (Å²) < 4.78 is 21.9. The summed E-state index contributed by atoms with van der Waals surface area (Å²) in [7, 11) is 2.27. The van der Waals surface area contributed by atoms with E-state index < -0.39 is 147 Å². The Morgan fingerprint density at radius 3 is 2.32 bits per heavy atom. The lowest BCUT2D eigenvalue weighted by Crippen LogP contribution is -2.73. The van der Waals surface area contributed by atoms with Crippen molar-refractivity contribution >= 4 is 34.8 Å². The molecule has 16 nitrogen and oxygen atoms in total. The normalized spacial score (nSPS) is 31.6. The van der Waals surface area contributed by atoms with Crippen LogP contribution in [0.5, 0.6) is 11.5 Å². The number of aryl methyl sites for hydroxylation is 1. The van der Waals surface area contributed by atoms with E-state index in [-0.39, 0.29) is 23.7 Å². The summed E-state index contributed by atoms with van der Waals surface area (Å²) >= 11 is 0. The number of phenolic OH excluding ortho intramolecular Hbond substituents is 2. The summed E-state index contributed by atoms with van der Waals surface area (Å²) in [5, 5.41) is 68.1. The SMILES string of the molecule is CO[C@@H]1[C@@H](O)[C@@H](CO)C(N=C2CC(=O)c3c(cc4c(c3O)C(=O)[C@]3(OC)[C@H](O)Cc5cc(C)c(C(=O)OCC(C)C)c(O)c5[C@]3(O)C4=O)C2=O)O[C@H]1C. The third-order valence-corrected chi connectivity index (χ3v) is 10.7. The average molecular weight is 740 g/mol. The number of rotatable bonds is 7. The van der Waals surface area contributed by atoms with Gasteiger partial charge in [-0.1, -0.05) is 19.9 Å². The minimum absolute atomic E-state index is 0.00594. The molecular formula is C37H41NO15. The number of nitrogens with zero attached hydrogens (tertiary/aromatic N) is 1. The van der Waals surface area contributed by atoms with Crippen LogP contribution in [-0.2, 0) is 31.0 Å². The van der Waals surface area contributed by atoms with E-state index in [0.717, 1.165) is 13.2 Å². The molecule has 0 radical (unpaired) electrons. The second kappa shape index (κ2) is 13.5. The second-order valence-electron chi connectivity index (χ2n) is 14.3. The predicted octanol–water partition coefficient (Wildman–Crippen LogP) is 0.727. The third-order valence-electron chi connectivity index (χ3n) is 10.7. The molecule has 6 rings (SSSR count). The minimum atomic E-state index is -3.25. The number of fused-ring (bicyclic) bond motifs is 5. The first-order chi connectivity index (χ1) is 24.9. The molecule has 0 spiro atoms. The van der Waals surface area contributed by atoms with Crippen molar-refractivity contribution in [3.05, 3.63) is 56.6 Å². The molecule has 0 aromatic heterocycles. The number of carbonyl (C=O) groups excluding carboxylic acids is 5. The molecule has 8 atom stereocenters. The summed E-state index contributed by atoms with van der Waals surface area (Å²) in [4.78, 5) is 74.3. The zero-order valence-electron chi connectivity index (χ0n) is 29.8. The summed E-state index contributed by atoms with van der Waals surface area (Å²) in [6.45, 7) is 5.95. The maximum absolute atomic E-state index is 14.7. The Labute approximate surface area is 303 Å². The summed E-state index contributed by atoms with van der Waals surface area (Å²) in [6, 6.07) is 2.19. The number of hydrogen-bond donors (Lipinski definition) is 6. The van der Waals surface area contributed by atoms with Gasteiger partial charge in [0.1, 0.15) is 23.2 Å². The van der Waals surface area contributed by atoms with Gasteiger partial charge in [-0.3, -0.25) is 24.2 Å². The van der Waals surface area contributed by atoms with Gasteiger partial charge < -0.3 is 49.6 Å². The molecule has 2 aromatic carbocycles. The monoisotopic (exact) mass is 739 g/mol. The number of ketones is 4. The van der Waals surface area contributed by atoms with Crippen LogP contribution in [0.3, 0.4) is 0 Å². The smallest absolute Gasteiger partial charge is 0.342 e. The van der Waals surface area contributed by atoms with E-state index in [1.165, 1.54) is 20.1 Å². The van der Waals surface area contributed by atoms with Crippen LogP contribution in [0, 0.1) is 18.8 Å². The van der Waals surface area contributed by atoms with E-state index >= 15 is 0 Å². The third kappa shape index (κ3) is 5.30. The topological polar surface area (TPSA) is 256 Å². The number of ether oxygens (including phenoxy) is 4. The first-order valence-electron chi connectivity index (χ1n) is 17.0. The first kappa shape index (κ1) is 38.3. The average Bonchev–Trinajstić information content (AvgIpc) is 3.08. The number of aliphatic hydroxyl groups excluding tert-OH is 3. The van der Waals surface area contributed by atoms with E-state index in [9.17, 15) is 54.6 Å². The predicted molar refractivity (Wildman–Crippen MR) is 181 cm³/mol. The summed E-state index contributed by atoms with van der Waals surface area (Å²) in [5.41, 5.74) is -10.2. The zero-order chi connectivity index (χ0) is 39.1. The standard InChI is InChI=1S/C37H41NO15/c1-13(2)12-52-35(48)23-14(3)7-16-8-22(41)37(51-6)33(47)25-18(32(46)36(37,49)26(16)30(23)45)9-17-24(29(25)44)21(40)10-20(27(17)42)38-34-19(11-39)28(43)31(50-5)15(4)53-34/h7,9,13,15,19,22,28,31,34,39,41,43-45,49H,8,10-12H2,1-6H3/t15-,19+,22+,28-,31-,34?,36-,37+/m0/s1. The molecule has 16 heteroatoms. The number of aliphatic hydroxyl groups is 4. The number of phenols is 2.